The van der Waals surface area contributed by atoms with Crippen LogP contribution in [0.4, 0.5) is 5.69 Å². The Balaban J connectivity index is 1.70. The number of fused-ring (bicyclic) bond motifs is 2. The maximum atomic E-state index is 11.1. The van der Waals surface area contributed by atoms with E-state index in [0.717, 1.165) is 36.8 Å². The van der Waals surface area contributed by atoms with Crippen molar-refractivity contribution in [2.24, 2.45) is 0 Å². The van der Waals surface area contributed by atoms with Crippen LogP contribution in [-0.2, 0) is 22.4 Å². The van der Waals surface area contributed by atoms with Gasteiger partial charge in [-0.2, -0.15) is 0 Å². The predicted molar refractivity (Wildman–Crippen MR) is 101 cm³/mol. The Kier molecular flexibility index (Phi) is 6.10. The van der Waals surface area contributed by atoms with E-state index in [1.807, 2.05) is 18.2 Å². The van der Waals surface area contributed by atoms with E-state index in [0.29, 0.717) is 18.0 Å². The van der Waals surface area contributed by atoms with E-state index in [-0.39, 0.29) is 5.97 Å². The molecule has 0 radical (unpaired) electrons. The number of benzene rings is 1. The summed E-state index contributed by atoms with van der Waals surface area (Å²) in [4.78, 5) is 15.9. The third-order valence-electron chi connectivity index (χ3n) is 4.56. The van der Waals surface area contributed by atoms with Crippen LogP contribution in [-0.4, -0.2) is 37.7 Å². The van der Waals surface area contributed by atoms with E-state index in [9.17, 15) is 4.79 Å². The van der Waals surface area contributed by atoms with Gasteiger partial charge in [-0.15, -0.1) is 0 Å². The molecule has 0 saturated carbocycles. The molecule has 1 aromatic heterocycles. The van der Waals surface area contributed by atoms with E-state index in [1.165, 1.54) is 36.9 Å². The average Bonchev–Trinajstić information content (AvgIpc) is 2.63. The van der Waals surface area contributed by atoms with Crippen molar-refractivity contribution in [1.82, 2.24) is 10.3 Å². The van der Waals surface area contributed by atoms with Crippen LogP contribution in [0.15, 0.2) is 18.2 Å². The summed E-state index contributed by atoms with van der Waals surface area (Å²) in [6.45, 7) is 2.19. The second-order valence-electron chi connectivity index (χ2n) is 6.28. The number of nitrogens with zero attached hydrogens (tertiary/aromatic N) is 1. The first kappa shape index (κ1) is 18.0. The molecule has 0 spiro atoms. The molecular weight excluding hydrogens is 338 g/mol. The number of ether oxygens (including phenoxy) is 1. The van der Waals surface area contributed by atoms with Crippen LogP contribution in [0.1, 0.15) is 30.5 Å². The number of carbonyl (C=O) groups excluding carboxylic acids is 1. The number of carbonyl (C=O) groups is 1. The molecule has 0 aliphatic heterocycles. The largest absolute Gasteiger partial charge is 0.469 e. The smallest absolute Gasteiger partial charge is 0.306 e. The molecule has 0 atom stereocenters. The number of rotatable bonds is 7. The molecule has 0 fully saturated rings. The molecule has 1 aliphatic carbocycles. The van der Waals surface area contributed by atoms with Crippen LogP contribution in [0.3, 0.4) is 0 Å². The van der Waals surface area contributed by atoms with E-state index >= 15 is 0 Å². The number of nitrogens with one attached hydrogen (secondary N) is 2. The normalized spacial score (nSPS) is 13.5. The Hall–Kier alpha value is -1.85. The minimum absolute atomic E-state index is 0.188. The zero-order valence-electron chi connectivity index (χ0n) is 14.5. The maximum absolute atomic E-state index is 11.1. The Morgan fingerprint density at radius 3 is 2.92 bits per heavy atom. The van der Waals surface area contributed by atoms with Gasteiger partial charge in [0, 0.05) is 41.4 Å². The lowest BCUT2D eigenvalue weighted by Gasteiger charge is -2.22. The number of halogens is 1. The molecule has 0 unspecified atom stereocenters. The molecule has 0 saturated heterocycles. The first-order valence-corrected chi connectivity index (χ1v) is 9.19. The van der Waals surface area contributed by atoms with Crippen molar-refractivity contribution in [3.8, 4) is 0 Å². The standard InChI is InChI=1S/C19H24ClN3O2/c1-25-18(24)8-9-21-10-11-22-19-14-4-2-3-5-16(14)23-17-12-13(20)6-7-15(17)19/h6-7,12,21H,2-5,8-11H2,1H3,(H,22,23). The Morgan fingerprint density at radius 1 is 1.24 bits per heavy atom. The van der Waals surface area contributed by atoms with Crippen LogP contribution in [0.25, 0.3) is 10.9 Å². The fraction of sp³-hybridized carbons (Fsp3) is 0.474. The highest BCUT2D eigenvalue weighted by atomic mass is 35.5. The molecule has 25 heavy (non-hydrogen) atoms. The van der Waals surface area contributed by atoms with Crippen molar-refractivity contribution in [2.45, 2.75) is 32.1 Å². The molecule has 134 valence electrons. The first-order valence-electron chi connectivity index (χ1n) is 8.81. The average molecular weight is 362 g/mol. The van der Waals surface area contributed by atoms with Gasteiger partial charge < -0.3 is 15.4 Å². The van der Waals surface area contributed by atoms with Crippen LogP contribution in [0.5, 0.6) is 0 Å². The summed E-state index contributed by atoms with van der Waals surface area (Å²) in [6.07, 6.45) is 4.89. The van der Waals surface area contributed by atoms with E-state index in [2.05, 4.69) is 15.4 Å². The minimum Gasteiger partial charge on any atom is -0.469 e. The van der Waals surface area contributed by atoms with E-state index < -0.39 is 0 Å². The number of esters is 1. The predicted octanol–water partition coefficient (Wildman–Crippen LogP) is 3.33. The molecular formula is C19H24ClN3O2. The fourth-order valence-electron chi connectivity index (χ4n) is 3.29. The van der Waals surface area contributed by atoms with Gasteiger partial charge in [0.15, 0.2) is 0 Å². The van der Waals surface area contributed by atoms with Gasteiger partial charge in [0.25, 0.3) is 0 Å². The molecule has 1 heterocycles. The van der Waals surface area contributed by atoms with Crippen molar-refractivity contribution in [2.75, 3.05) is 32.1 Å². The van der Waals surface area contributed by atoms with Gasteiger partial charge in [-0.1, -0.05) is 11.6 Å². The lowest BCUT2D eigenvalue weighted by Crippen LogP contribution is -2.25. The molecule has 6 heteroatoms. The van der Waals surface area contributed by atoms with E-state index in [1.54, 1.807) is 0 Å². The Morgan fingerprint density at radius 2 is 2.08 bits per heavy atom. The van der Waals surface area contributed by atoms with Crippen molar-refractivity contribution in [3.63, 3.8) is 0 Å². The number of methoxy groups -OCH3 is 1. The summed E-state index contributed by atoms with van der Waals surface area (Å²) in [6, 6.07) is 5.90. The summed E-state index contributed by atoms with van der Waals surface area (Å²) in [5.41, 5.74) is 4.68. The zero-order chi connectivity index (χ0) is 17.6. The molecule has 0 bridgehead atoms. The van der Waals surface area contributed by atoms with Crippen LogP contribution < -0.4 is 10.6 Å². The molecule has 2 aromatic rings. The van der Waals surface area contributed by atoms with Gasteiger partial charge in [0.2, 0.25) is 0 Å². The third kappa shape index (κ3) is 4.41. The zero-order valence-corrected chi connectivity index (χ0v) is 15.3. The van der Waals surface area contributed by atoms with Gasteiger partial charge in [-0.05, 0) is 49.4 Å². The van der Waals surface area contributed by atoms with Crippen LogP contribution >= 0.6 is 11.6 Å². The van der Waals surface area contributed by atoms with Gasteiger partial charge in [0.05, 0.1) is 19.0 Å². The minimum atomic E-state index is -0.188. The van der Waals surface area contributed by atoms with Gasteiger partial charge in [-0.25, -0.2) is 0 Å². The molecule has 1 aromatic carbocycles. The summed E-state index contributed by atoms with van der Waals surface area (Å²) < 4.78 is 4.63. The van der Waals surface area contributed by atoms with Crippen LogP contribution in [0, 0.1) is 0 Å². The second-order valence-corrected chi connectivity index (χ2v) is 6.72. The summed E-state index contributed by atoms with van der Waals surface area (Å²) in [5, 5.41) is 8.67. The third-order valence-corrected chi connectivity index (χ3v) is 4.80. The number of hydrogen-bond donors (Lipinski definition) is 2. The topological polar surface area (TPSA) is 63.2 Å². The molecule has 0 amide bonds. The molecule has 2 N–H and O–H groups in total. The number of anilines is 1. The first-order chi connectivity index (χ1) is 12.2. The molecule has 5 nitrogen and oxygen atoms in total. The number of pyridine rings is 1. The Bertz CT molecular complexity index is 764. The number of aromatic nitrogens is 1. The highest BCUT2D eigenvalue weighted by Gasteiger charge is 2.18. The number of aryl methyl sites for hydroxylation is 1. The summed E-state index contributed by atoms with van der Waals surface area (Å²) in [7, 11) is 1.41. The fourth-order valence-corrected chi connectivity index (χ4v) is 3.46. The highest BCUT2D eigenvalue weighted by Crippen LogP contribution is 2.34. The van der Waals surface area contributed by atoms with Crippen molar-refractivity contribution in [3.05, 3.63) is 34.5 Å². The van der Waals surface area contributed by atoms with Crippen molar-refractivity contribution >= 4 is 34.2 Å². The SMILES string of the molecule is COC(=O)CCNCCNc1c2c(nc3cc(Cl)ccc13)CCCC2. The second kappa shape index (κ2) is 8.50. The van der Waals surface area contributed by atoms with Gasteiger partial charge in [-0.3, -0.25) is 9.78 Å². The van der Waals surface area contributed by atoms with Gasteiger partial charge in [0.1, 0.15) is 0 Å². The summed E-state index contributed by atoms with van der Waals surface area (Å²) >= 11 is 6.15. The van der Waals surface area contributed by atoms with Crippen molar-refractivity contribution < 1.29 is 9.53 Å². The van der Waals surface area contributed by atoms with E-state index in [4.69, 9.17) is 16.6 Å². The quantitative estimate of drug-likeness (QED) is 0.585. The highest BCUT2D eigenvalue weighted by molar-refractivity contribution is 6.31. The maximum Gasteiger partial charge on any atom is 0.306 e. The summed E-state index contributed by atoms with van der Waals surface area (Å²) in [5.74, 6) is -0.188. The van der Waals surface area contributed by atoms with Gasteiger partial charge >= 0.3 is 5.97 Å². The lowest BCUT2D eigenvalue weighted by atomic mass is 9.92. The number of hydrogen-bond acceptors (Lipinski definition) is 5. The monoisotopic (exact) mass is 361 g/mol. The molecule has 1 aliphatic rings. The molecule has 3 rings (SSSR count). The Labute approximate surface area is 153 Å². The lowest BCUT2D eigenvalue weighted by molar-refractivity contribution is -0.140. The van der Waals surface area contributed by atoms with Crippen LogP contribution in [0.2, 0.25) is 5.02 Å². The van der Waals surface area contributed by atoms with Crippen molar-refractivity contribution in [1.29, 1.82) is 0 Å².